The van der Waals surface area contributed by atoms with Gasteiger partial charge >= 0.3 is 5.97 Å². The van der Waals surface area contributed by atoms with Crippen LogP contribution in [0.1, 0.15) is 47.7 Å². The lowest BCUT2D eigenvalue weighted by Crippen LogP contribution is -2.37. The summed E-state index contributed by atoms with van der Waals surface area (Å²) in [7, 11) is 3.20. The molecule has 0 radical (unpaired) electrons. The summed E-state index contributed by atoms with van der Waals surface area (Å²) in [4.78, 5) is 21.0. The molecule has 1 rings (SSSR count). The molecule has 0 saturated heterocycles. The summed E-state index contributed by atoms with van der Waals surface area (Å²) in [5.74, 6) is 0.672. The number of nitrogens with zero attached hydrogens (tertiary/aromatic N) is 2. The molecule has 0 saturated carbocycles. The van der Waals surface area contributed by atoms with Crippen LogP contribution in [0.3, 0.4) is 0 Å². The summed E-state index contributed by atoms with van der Waals surface area (Å²) in [6, 6.07) is 0. The number of methoxy groups -OCH3 is 1. The molecule has 130 valence electrons. The van der Waals surface area contributed by atoms with E-state index in [4.69, 9.17) is 0 Å². The number of hydrogen-bond acceptors (Lipinski definition) is 5. The number of carbonyl (C=O) groups is 1. The highest BCUT2D eigenvalue weighted by Crippen LogP contribution is 2.15. The van der Waals surface area contributed by atoms with Crippen molar-refractivity contribution in [1.82, 2.24) is 15.6 Å². The molecule has 6 nitrogen and oxygen atoms in total. The van der Waals surface area contributed by atoms with Crippen molar-refractivity contribution in [3.63, 3.8) is 0 Å². The van der Waals surface area contributed by atoms with E-state index in [1.807, 2.05) is 6.92 Å². The zero-order valence-electron chi connectivity index (χ0n) is 14.6. The molecule has 0 bridgehead atoms. The number of rotatable bonds is 9. The van der Waals surface area contributed by atoms with Crippen LogP contribution in [-0.4, -0.2) is 37.6 Å². The van der Waals surface area contributed by atoms with Crippen molar-refractivity contribution in [1.29, 1.82) is 0 Å². The van der Waals surface area contributed by atoms with Gasteiger partial charge in [-0.1, -0.05) is 12.8 Å². The first-order valence-corrected chi connectivity index (χ1v) is 8.82. The van der Waals surface area contributed by atoms with E-state index in [1.165, 1.54) is 12.0 Å². The number of esters is 1. The maximum atomic E-state index is 11.0. The third kappa shape index (κ3) is 7.97. The van der Waals surface area contributed by atoms with Gasteiger partial charge in [-0.25, -0.2) is 4.98 Å². The number of aryl methyl sites for hydroxylation is 2. The van der Waals surface area contributed by atoms with Crippen LogP contribution in [0.5, 0.6) is 0 Å². The van der Waals surface area contributed by atoms with Crippen molar-refractivity contribution in [2.75, 3.05) is 20.7 Å². The van der Waals surface area contributed by atoms with E-state index < -0.39 is 0 Å². The van der Waals surface area contributed by atoms with Crippen LogP contribution in [0, 0.1) is 13.8 Å². The van der Waals surface area contributed by atoms with Crippen LogP contribution in [0.2, 0.25) is 0 Å². The molecular weight excluding hydrogens is 312 g/mol. The molecule has 0 fully saturated rings. The Morgan fingerprint density at radius 1 is 1.22 bits per heavy atom. The maximum absolute atomic E-state index is 11.0. The van der Waals surface area contributed by atoms with Crippen LogP contribution in [0.4, 0.5) is 0 Å². The average Bonchev–Trinajstić information content (AvgIpc) is 2.87. The Morgan fingerprint density at radius 3 is 2.57 bits per heavy atom. The van der Waals surface area contributed by atoms with Crippen molar-refractivity contribution >= 4 is 23.3 Å². The van der Waals surface area contributed by atoms with E-state index in [9.17, 15) is 4.79 Å². The second kappa shape index (κ2) is 11.0. The number of hydrogen-bond donors (Lipinski definition) is 2. The molecule has 0 atom stereocenters. The predicted molar refractivity (Wildman–Crippen MR) is 94.9 cm³/mol. The normalized spacial score (nSPS) is 11.4. The summed E-state index contributed by atoms with van der Waals surface area (Å²) in [5.41, 5.74) is 1.10. The Balaban J connectivity index is 2.11. The van der Waals surface area contributed by atoms with Gasteiger partial charge in [0.25, 0.3) is 0 Å². The van der Waals surface area contributed by atoms with Crippen LogP contribution < -0.4 is 10.6 Å². The molecular formula is C16H28N4O2S. The standard InChI is InChI=1S/C16H28N4O2S/c1-12-13(2)23-14(20-12)11-19-16(17-3)18-10-8-6-5-7-9-15(21)22-4/h5-11H2,1-4H3,(H2,17,18,19). The number of aliphatic imine (C=N–C) groups is 1. The molecule has 0 unspecified atom stereocenters. The molecule has 2 N–H and O–H groups in total. The van der Waals surface area contributed by atoms with Gasteiger partial charge in [0.05, 0.1) is 19.3 Å². The molecule has 0 aliphatic rings. The Kier molecular flexibility index (Phi) is 9.28. The van der Waals surface area contributed by atoms with Gasteiger partial charge < -0.3 is 15.4 Å². The molecule has 1 aromatic heterocycles. The first-order valence-electron chi connectivity index (χ1n) is 8.01. The highest BCUT2D eigenvalue weighted by molar-refractivity contribution is 7.11. The van der Waals surface area contributed by atoms with Gasteiger partial charge in [-0.15, -0.1) is 11.3 Å². The molecule has 1 heterocycles. The summed E-state index contributed by atoms with van der Waals surface area (Å²) >= 11 is 1.71. The second-order valence-corrected chi connectivity index (χ2v) is 6.63. The maximum Gasteiger partial charge on any atom is 0.305 e. The number of guanidine groups is 1. The van der Waals surface area contributed by atoms with Gasteiger partial charge in [-0.3, -0.25) is 9.79 Å². The van der Waals surface area contributed by atoms with Gasteiger partial charge in [-0.2, -0.15) is 0 Å². The first kappa shape index (κ1) is 19.4. The SMILES string of the molecule is CN=C(NCCCCCCC(=O)OC)NCc1nc(C)c(C)s1. The van der Waals surface area contributed by atoms with E-state index in [1.54, 1.807) is 18.4 Å². The predicted octanol–water partition coefficient (Wildman–Crippen LogP) is 2.55. The first-order chi connectivity index (χ1) is 11.1. The Hall–Kier alpha value is -1.63. The van der Waals surface area contributed by atoms with Crippen LogP contribution in [0.25, 0.3) is 0 Å². The molecule has 0 aliphatic carbocycles. The highest BCUT2D eigenvalue weighted by Gasteiger charge is 2.04. The number of nitrogens with one attached hydrogen (secondary N) is 2. The summed E-state index contributed by atoms with van der Waals surface area (Å²) in [6.45, 7) is 5.68. The Morgan fingerprint density at radius 2 is 1.96 bits per heavy atom. The Bertz CT molecular complexity index is 495. The number of ether oxygens (including phenoxy) is 1. The van der Waals surface area contributed by atoms with Crippen molar-refractivity contribution in [2.24, 2.45) is 4.99 Å². The number of unbranched alkanes of at least 4 members (excludes halogenated alkanes) is 3. The van der Waals surface area contributed by atoms with Gasteiger partial charge in [0.2, 0.25) is 0 Å². The van der Waals surface area contributed by atoms with E-state index in [2.05, 4.69) is 32.3 Å². The van der Waals surface area contributed by atoms with E-state index in [0.717, 1.165) is 48.9 Å². The number of carbonyl (C=O) groups excluding carboxylic acids is 1. The quantitative estimate of drug-likeness (QED) is 0.313. The van der Waals surface area contributed by atoms with Gasteiger partial charge in [-0.05, 0) is 26.7 Å². The van der Waals surface area contributed by atoms with Crippen LogP contribution in [-0.2, 0) is 16.1 Å². The molecule has 1 aromatic rings. The Labute approximate surface area is 142 Å². The molecule has 0 amide bonds. The third-order valence-electron chi connectivity index (χ3n) is 3.53. The summed E-state index contributed by atoms with van der Waals surface area (Å²) < 4.78 is 4.62. The topological polar surface area (TPSA) is 75.6 Å². The average molecular weight is 340 g/mol. The third-order valence-corrected chi connectivity index (χ3v) is 4.60. The molecule has 7 heteroatoms. The summed E-state index contributed by atoms with van der Waals surface area (Å²) in [6.07, 6.45) is 4.59. The number of aromatic nitrogens is 1. The second-order valence-electron chi connectivity index (χ2n) is 5.34. The minimum Gasteiger partial charge on any atom is -0.469 e. The monoisotopic (exact) mass is 340 g/mol. The van der Waals surface area contributed by atoms with Crippen molar-refractivity contribution < 1.29 is 9.53 Å². The molecule has 0 spiro atoms. The van der Waals surface area contributed by atoms with Gasteiger partial charge in [0, 0.05) is 24.9 Å². The fraction of sp³-hybridized carbons (Fsp3) is 0.688. The van der Waals surface area contributed by atoms with E-state index in [-0.39, 0.29) is 5.97 Å². The van der Waals surface area contributed by atoms with E-state index in [0.29, 0.717) is 13.0 Å². The zero-order chi connectivity index (χ0) is 17.1. The lowest BCUT2D eigenvalue weighted by Gasteiger charge is -2.10. The largest absolute Gasteiger partial charge is 0.469 e. The molecule has 0 aromatic carbocycles. The highest BCUT2D eigenvalue weighted by atomic mass is 32.1. The fourth-order valence-electron chi connectivity index (χ4n) is 2.05. The lowest BCUT2D eigenvalue weighted by atomic mass is 10.1. The fourth-order valence-corrected chi connectivity index (χ4v) is 2.93. The molecule has 0 aliphatic heterocycles. The van der Waals surface area contributed by atoms with Crippen LogP contribution >= 0.6 is 11.3 Å². The van der Waals surface area contributed by atoms with Crippen molar-refractivity contribution in [2.45, 2.75) is 52.5 Å². The smallest absolute Gasteiger partial charge is 0.305 e. The molecule has 23 heavy (non-hydrogen) atoms. The zero-order valence-corrected chi connectivity index (χ0v) is 15.4. The minimum absolute atomic E-state index is 0.125. The van der Waals surface area contributed by atoms with Gasteiger partial charge in [0.15, 0.2) is 5.96 Å². The lowest BCUT2D eigenvalue weighted by molar-refractivity contribution is -0.140. The van der Waals surface area contributed by atoms with Crippen molar-refractivity contribution in [3.8, 4) is 0 Å². The van der Waals surface area contributed by atoms with E-state index >= 15 is 0 Å². The minimum atomic E-state index is -0.125. The van der Waals surface area contributed by atoms with Crippen LogP contribution in [0.15, 0.2) is 4.99 Å². The number of thiazole rings is 1. The summed E-state index contributed by atoms with van der Waals surface area (Å²) in [5, 5.41) is 7.65. The van der Waals surface area contributed by atoms with Gasteiger partial charge in [0.1, 0.15) is 5.01 Å². The van der Waals surface area contributed by atoms with Crippen molar-refractivity contribution in [3.05, 3.63) is 15.6 Å².